The Balaban J connectivity index is 1.53. The molecule has 3 aromatic rings. The number of hydrogen-bond acceptors (Lipinski definition) is 4. The molecule has 0 bridgehead atoms. The Morgan fingerprint density at radius 1 is 0.972 bits per heavy atom. The Morgan fingerprint density at radius 3 is 2.31 bits per heavy atom. The van der Waals surface area contributed by atoms with E-state index in [0.717, 1.165) is 29.5 Å². The number of rotatable bonds is 10. The second kappa shape index (κ2) is 11.6. The first kappa shape index (κ1) is 25.7. The van der Waals surface area contributed by atoms with Crippen molar-refractivity contribution in [2.75, 3.05) is 13.7 Å². The predicted octanol–water partition coefficient (Wildman–Crippen LogP) is 6.40. The average Bonchev–Trinajstić information content (AvgIpc) is 3.30. The maximum absolute atomic E-state index is 13.8. The van der Waals surface area contributed by atoms with E-state index in [2.05, 4.69) is 12.1 Å². The van der Waals surface area contributed by atoms with Crippen LogP contribution in [0.2, 0.25) is 0 Å². The second-order valence-corrected chi connectivity index (χ2v) is 10.2. The molecule has 5 nitrogen and oxygen atoms in total. The average molecular weight is 502 g/mol. The van der Waals surface area contributed by atoms with E-state index in [0.29, 0.717) is 25.1 Å². The molecule has 1 aliphatic rings. The van der Waals surface area contributed by atoms with Crippen molar-refractivity contribution in [3.8, 4) is 11.1 Å². The van der Waals surface area contributed by atoms with Gasteiger partial charge in [0.1, 0.15) is 0 Å². The van der Waals surface area contributed by atoms with Crippen LogP contribution in [0.4, 0.5) is 0 Å². The minimum atomic E-state index is -0.951. The number of carboxylic acid groups (broad SMARTS) is 1. The van der Waals surface area contributed by atoms with Crippen molar-refractivity contribution in [2.45, 2.75) is 37.7 Å². The summed E-state index contributed by atoms with van der Waals surface area (Å²) >= 11 is 1.45. The molecule has 3 aromatic carbocycles. The number of carbonyl (C=O) groups excluding carboxylic acids is 1. The number of hydrogen-bond donors (Lipinski definition) is 1. The number of thioether (sulfide) groups is 1. The molecule has 0 fully saturated rings. The molecular formula is C30H31NO4S. The molecule has 1 aliphatic heterocycles. The van der Waals surface area contributed by atoms with Gasteiger partial charge < -0.3 is 14.7 Å². The Kier molecular flexibility index (Phi) is 8.28. The van der Waals surface area contributed by atoms with E-state index in [1.807, 2.05) is 71.8 Å². The van der Waals surface area contributed by atoms with Gasteiger partial charge in [0.15, 0.2) is 4.93 Å². The van der Waals surface area contributed by atoms with Crippen LogP contribution in [0.15, 0.2) is 89.8 Å². The zero-order chi connectivity index (χ0) is 25.5. The van der Waals surface area contributed by atoms with Gasteiger partial charge in [0.2, 0.25) is 0 Å². The molecule has 36 heavy (non-hydrogen) atoms. The first-order valence-electron chi connectivity index (χ1n) is 12.1. The van der Waals surface area contributed by atoms with Gasteiger partial charge in [0.25, 0.3) is 5.91 Å². The lowest BCUT2D eigenvalue weighted by Crippen LogP contribution is -2.47. The molecule has 1 amide bonds. The van der Waals surface area contributed by atoms with Gasteiger partial charge in [0, 0.05) is 26.6 Å². The molecule has 0 spiro atoms. The number of nitrogens with zero attached hydrogens (tertiary/aromatic N) is 1. The summed E-state index contributed by atoms with van der Waals surface area (Å²) in [5.74, 6) is -0.968. The van der Waals surface area contributed by atoms with Crippen molar-refractivity contribution in [3.05, 3.63) is 107 Å². The molecule has 1 heterocycles. The minimum Gasteiger partial charge on any atom is -0.478 e. The number of carbonyl (C=O) groups is 2. The van der Waals surface area contributed by atoms with Crippen LogP contribution >= 0.6 is 11.8 Å². The highest BCUT2D eigenvalue weighted by molar-refractivity contribution is 8.04. The number of amides is 1. The zero-order valence-corrected chi connectivity index (χ0v) is 21.5. The lowest BCUT2D eigenvalue weighted by Gasteiger charge is -2.33. The lowest BCUT2D eigenvalue weighted by atomic mass is 9.98. The fourth-order valence-corrected chi connectivity index (χ4v) is 5.64. The van der Waals surface area contributed by atoms with Gasteiger partial charge >= 0.3 is 5.97 Å². The standard InChI is InChI=1S/C30H31NO4S/c1-22-19-30(35-2,36-21-22)29(34)31(18-8-11-23-9-4-3-5-10-23)20-24-14-16-25(17-15-24)26-12-6-7-13-27(26)28(32)33/h3-7,9-10,12-17,21H,8,11,18-20H2,1-2H3,(H,32,33). The lowest BCUT2D eigenvalue weighted by molar-refractivity contribution is -0.145. The number of carboxylic acids is 1. The summed E-state index contributed by atoms with van der Waals surface area (Å²) in [6.07, 6.45) is 2.31. The Labute approximate surface area is 216 Å². The van der Waals surface area contributed by atoms with Crippen molar-refractivity contribution in [1.82, 2.24) is 4.90 Å². The molecule has 1 N–H and O–H groups in total. The number of aromatic carboxylic acids is 1. The summed E-state index contributed by atoms with van der Waals surface area (Å²) in [6.45, 7) is 3.09. The normalized spacial score (nSPS) is 17.0. The Bertz CT molecular complexity index is 1240. The molecule has 186 valence electrons. The summed E-state index contributed by atoms with van der Waals surface area (Å²) in [5.41, 5.74) is 5.15. The highest BCUT2D eigenvalue weighted by Gasteiger charge is 2.44. The molecule has 4 rings (SSSR count). The SMILES string of the molecule is COC1(C(=O)N(CCCc2ccccc2)Cc2ccc(-c3ccccc3C(=O)O)cc2)CC(C)=CS1. The summed E-state index contributed by atoms with van der Waals surface area (Å²) in [5, 5.41) is 11.5. The molecule has 0 aliphatic carbocycles. The fraction of sp³-hybridized carbons (Fsp3) is 0.267. The van der Waals surface area contributed by atoms with Crippen molar-refractivity contribution >= 4 is 23.6 Å². The summed E-state index contributed by atoms with van der Waals surface area (Å²) in [4.78, 5) is 26.4. The Morgan fingerprint density at radius 2 is 1.67 bits per heavy atom. The minimum absolute atomic E-state index is 0.0172. The van der Waals surface area contributed by atoms with Gasteiger partial charge in [-0.2, -0.15) is 0 Å². The van der Waals surface area contributed by atoms with E-state index >= 15 is 0 Å². The van der Waals surface area contributed by atoms with Crippen LogP contribution in [-0.2, 0) is 22.5 Å². The van der Waals surface area contributed by atoms with Crippen LogP contribution in [0.3, 0.4) is 0 Å². The molecule has 0 saturated carbocycles. The highest BCUT2D eigenvalue weighted by atomic mass is 32.2. The van der Waals surface area contributed by atoms with Gasteiger partial charge in [-0.1, -0.05) is 90.1 Å². The third-order valence-corrected chi connectivity index (χ3v) is 7.82. The third kappa shape index (κ3) is 5.89. The Hall–Kier alpha value is -3.35. The van der Waals surface area contributed by atoms with Gasteiger partial charge in [0.05, 0.1) is 5.56 Å². The summed E-state index contributed by atoms with van der Waals surface area (Å²) in [7, 11) is 1.61. The van der Waals surface area contributed by atoms with Crippen molar-refractivity contribution in [2.24, 2.45) is 0 Å². The van der Waals surface area contributed by atoms with E-state index in [9.17, 15) is 14.7 Å². The molecule has 0 saturated heterocycles. The predicted molar refractivity (Wildman–Crippen MR) is 145 cm³/mol. The largest absolute Gasteiger partial charge is 0.478 e. The molecule has 0 radical (unpaired) electrons. The van der Waals surface area contributed by atoms with Crippen LogP contribution < -0.4 is 0 Å². The van der Waals surface area contributed by atoms with Crippen molar-refractivity contribution < 1.29 is 19.4 Å². The summed E-state index contributed by atoms with van der Waals surface area (Å²) < 4.78 is 5.79. The first-order valence-corrected chi connectivity index (χ1v) is 12.9. The summed E-state index contributed by atoms with van der Waals surface area (Å²) in [6, 6.07) is 25.1. The van der Waals surface area contributed by atoms with Crippen LogP contribution in [0, 0.1) is 0 Å². The molecule has 1 unspecified atom stereocenters. The third-order valence-electron chi connectivity index (χ3n) is 6.44. The number of methoxy groups -OCH3 is 1. The molecular weight excluding hydrogens is 470 g/mol. The van der Waals surface area contributed by atoms with E-state index in [1.54, 1.807) is 19.2 Å². The van der Waals surface area contributed by atoms with Crippen LogP contribution in [0.25, 0.3) is 11.1 Å². The molecule has 6 heteroatoms. The van der Waals surface area contributed by atoms with E-state index in [1.165, 1.54) is 17.3 Å². The second-order valence-electron chi connectivity index (χ2n) is 9.08. The maximum Gasteiger partial charge on any atom is 0.336 e. The first-order chi connectivity index (χ1) is 17.4. The van der Waals surface area contributed by atoms with E-state index in [-0.39, 0.29) is 11.5 Å². The number of aryl methyl sites for hydroxylation is 1. The van der Waals surface area contributed by atoms with Crippen molar-refractivity contribution in [3.63, 3.8) is 0 Å². The van der Waals surface area contributed by atoms with Gasteiger partial charge in [-0.25, -0.2) is 4.79 Å². The quantitative estimate of drug-likeness (QED) is 0.348. The topological polar surface area (TPSA) is 66.8 Å². The monoisotopic (exact) mass is 501 g/mol. The number of benzene rings is 3. The zero-order valence-electron chi connectivity index (χ0n) is 20.6. The maximum atomic E-state index is 13.8. The van der Waals surface area contributed by atoms with Crippen LogP contribution in [0.5, 0.6) is 0 Å². The molecule has 0 aromatic heterocycles. The van der Waals surface area contributed by atoms with E-state index in [4.69, 9.17) is 4.74 Å². The van der Waals surface area contributed by atoms with Gasteiger partial charge in [-0.05, 0) is 53.5 Å². The highest BCUT2D eigenvalue weighted by Crippen LogP contribution is 2.42. The van der Waals surface area contributed by atoms with E-state index < -0.39 is 10.9 Å². The smallest absolute Gasteiger partial charge is 0.336 e. The molecule has 1 atom stereocenters. The van der Waals surface area contributed by atoms with Gasteiger partial charge in [-0.3, -0.25) is 4.79 Å². The number of ether oxygens (including phenoxy) is 1. The van der Waals surface area contributed by atoms with Crippen LogP contribution in [0.1, 0.15) is 41.3 Å². The van der Waals surface area contributed by atoms with Crippen molar-refractivity contribution in [1.29, 1.82) is 0 Å². The fourth-order valence-electron chi connectivity index (χ4n) is 4.52. The van der Waals surface area contributed by atoms with Crippen LogP contribution in [-0.4, -0.2) is 40.5 Å². The van der Waals surface area contributed by atoms with Gasteiger partial charge in [-0.15, -0.1) is 0 Å².